The van der Waals surface area contributed by atoms with E-state index in [1.807, 2.05) is 0 Å². The largest absolute Gasteiger partial charge is 0.506 e. The summed E-state index contributed by atoms with van der Waals surface area (Å²) in [4.78, 5) is 4.07. The third kappa shape index (κ3) is 2.49. The molecule has 0 amide bonds. The van der Waals surface area contributed by atoms with Gasteiger partial charge in [0.15, 0.2) is 6.29 Å². The third-order valence-electron chi connectivity index (χ3n) is 2.32. The highest BCUT2D eigenvalue weighted by Gasteiger charge is 2.20. The van der Waals surface area contributed by atoms with Gasteiger partial charge in [-0.05, 0) is 6.92 Å². The highest BCUT2D eigenvalue weighted by molar-refractivity contribution is 5.41. The number of pyridine rings is 1. The van der Waals surface area contributed by atoms with Gasteiger partial charge in [0, 0.05) is 33.1 Å². The van der Waals surface area contributed by atoms with Gasteiger partial charge < -0.3 is 19.3 Å². The molecule has 0 saturated heterocycles. The number of nitrogens with zero attached hydrogens (tertiary/aromatic N) is 1. The molecule has 1 N–H and O–H groups in total. The summed E-state index contributed by atoms with van der Waals surface area (Å²) < 4.78 is 15.3. The standard InChI is InChI=1S/C11H17NO4/c1-7-10(13)9(11(15-3)16-4)8(5-12-7)6-14-2/h5,11,13H,6H2,1-4H3. The molecule has 0 atom stereocenters. The van der Waals surface area contributed by atoms with Crippen LogP contribution in [0.5, 0.6) is 5.75 Å². The molecule has 0 aliphatic rings. The van der Waals surface area contributed by atoms with Crippen LogP contribution in [-0.2, 0) is 20.8 Å². The van der Waals surface area contributed by atoms with Gasteiger partial charge in [0.2, 0.25) is 0 Å². The summed E-state index contributed by atoms with van der Waals surface area (Å²) in [5.41, 5.74) is 1.85. The lowest BCUT2D eigenvalue weighted by Gasteiger charge is -2.19. The Labute approximate surface area is 95.0 Å². The van der Waals surface area contributed by atoms with Crippen LogP contribution in [0.4, 0.5) is 0 Å². The molecule has 0 spiro atoms. The van der Waals surface area contributed by atoms with Crippen LogP contribution in [0.15, 0.2) is 6.20 Å². The Bertz CT molecular complexity index is 350. The molecule has 1 rings (SSSR count). The maximum Gasteiger partial charge on any atom is 0.187 e. The van der Waals surface area contributed by atoms with E-state index in [2.05, 4.69) is 4.98 Å². The normalized spacial score (nSPS) is 11.1. The third-order valence-corrected chi connectivity index (χ3v) is 2.32. The average Bonchev–Trinajstić information content (AvgIpc) is 2.29. The zero-order valence-corrected chi connectivity index (χ0v) is 9.98. The van der Waals surface area contributed by atoms with Crippen molar-refractivity contribution in [3.05, 3.63) is 23.0 Å². The summed E-state index contributed by atoms with van der Waals surface area (Å²) in [6.07, 6.45) is 1.03. The van der Waals surface area contributed by atoms with Gasteiger partial charge in [-0.2, -0.15) is 0 Å². The lowest BCUT2D eigenvalue weighted by atomic mass is 10.1. The topological polar surface area (TPSA) is 60.8 Å². The number of aromatic hydroxyl groups is 1. The van der Waals surface area contributed by atoms with Crippen LogP contribution in [-0.4, -0.2) is 31.4 Å². The minimum Gasteiger partial charge on any atom is -0.506 e. The zero-order chi connectivity index (χ0) is 12.1. The van der Waals surface area contributed by atoms with Crippen LogP contribution in [0.3, 0.4) is 0 Å². The van der Waals surface area contributed by atoms with Crippen molar-refractivity contribution < 1.29 is 19.3 Å². The van der Waals surface area contributed by atoms with Crippen molar-refractivity contribution in [3.63, 3.8) is 0 Å². The number of rotatable bonds is 5. The van der Waals surface area contributed by atoms with Gasteiger partial charge in [-0.3, -0.25) is 4.98 Å². The van der Waals surface area contributed by atoms with Gasteiger partial charge in [-0.1, -0.05) is 0 Å². The van der Waals surface area contributed by atoms with E-state index in [0.29, 0.717) is 17.9 Å². The second kappa shape index (κ2) is 5.79. The number of ether oxygens (including phenoxy) is 3. The van der Waals surface area contributed by atoms with Gasteiger partial charge in [0.05, 0.1) is 17.9 Å². The monoisotopic (exact) mass is 227 g/mol. The van der Waals surface area contributed by atoms with Crippen LogP contribution < -0.4 is 0 Å². The molecule has 5 heteroatoms. The van der Waals surface area contributed by atoms with E-state index in [1.54, 1.807) is 20.2 Å². The van der Waals surface area contributed by atoms with Gasteiger partial charge in [-0.15, -0.1) is 0 Å². The Morgan fingerprint density at radius 3 is 2.44 bits per heavy atom. The van der Waals surface area contributed by atoms with E-state index in [4.69, 9.17) is 14.2 Å². The minimum atomic E-state index is -0.619. The fourth-order valence-electron chi connectivity index (χ4n) is 1.52. The van der Waals surface area contributed by atoms with Gasteiger partial charge >= 0.3 is 0 Å². The fraction of sp³-hybridized carbons (Fsp3) is 0.545. The van der Waals surface area contributed by atoms with Crippen molar-refractivity contribution in [1.29, 1.82) is 0 Å². The molecule has 0 aliphatic heterocycles. The number of hydrogen-bond donors (Lipinski definition) is 1. The molecule has 1 aromatic heterocycles. The highest BCUT2D eigenvalue weighted by Crippen LogP contribution is 2.32. The molecule has 0 bridgehead atoms. The first-order valence-corrected chi connectivity index (χ1v) is 4.87. The Morgan fingerprint density at radius 2 is 1.94 bits per heavy atom. The van der Waals surface area contributed by atoms with E-state index in [1.165, 1.54) is 14.2 Å². The molecule has 0 radical (unpaired) electrons. The Morgan fingerprint density at radius 1 is 1.31 bits per heavy atom. The maximum absolute atomic E-state index is 9.96. The molecule has 0 unspecified atom stereocenters. The van der Waals surface area contributed by atoms with Crippen LogP contribution in [0.25, 0.3) is 0 Å². The smallest absolute Gasteiger partial charge is 0.187 e. The fourth-order valence-corrected chi connectivity index (χ4v) is 1.52. The lowest BCUT2D eigenvalue weighted by molar-refractivity contribution is -0.108. The van der Waals surface area contributed by atoms with Gasteiger partial charge in [-0.25, -0.2) is 0 Å². The number of aromatic nitrogens is 1. The summed E-state index contributed by atoms with van der Waals surface area (Å²) in [5, 5.41) is 9.96. The molecule has 1 aromatic rings. The van der Waals surface area contributed by atoms with Crippen molar-refractivity contribution in [2.75, 3.05) is 21.3 Å². The lowest BCUT2D eigenvalue weighted by Crippen LogP contribution is -2.09. The molecule has 90 valence electrons. The van der Waals surface area contributed by atoms with E-state index >= 15 is 0 Å². The molecule has 0 saturated carbocycles. The summed E-state index contributed by atoms with van der Waals surface area (Å²) >= 11 is 0. The summed E-state index contributed by atoms with van der Waals surface area (Å²) in [6.45, 7) is 2.07. The summed E-state index contributed by atoms with van der Waals surface area (Å²) in [6, 6.07) is 0. The quantitative estimate of drug-likeness (QED) is 0.773. The molecule has 0 fully saturated rings. The Balaban J connectivity index is 3.24. The van der Waals surface area contributed by atoms with E-state index in [-0.39, 0.29) is 5.75 Å². The molecule has 16 heavy (non-hydrogen) atoms. The van der Waals surface area contributed by atoms with E-state index in [9.17, 15) is 5.11 Å². The second-order valence-electron chi connectivity index (χ2n) is 3.37. The van der Waals surface area contributed by atoms with Crippen molar-refractivity contribution in [1.82, 2.24) is 4.98 Å². The Kier molecular flexibility index (Phi) is 4.67. The molecular formula is C11H17NO4. The SMILES string of the molecule is COCc1cnc(C)c(O)c1C(OC)OC. The molecule has 0 aromatic carbocycles. The first-order valence-electron chi connectivity index (χ1n) is 4.87. The predicted molar refractivity (Wildman–Crippen MR) is 58.1 cm³/mol. The van der Waals surface area contributed by atoms with Crippen LogP contribution in [0.2, 0.25) is 0 Å². The van der Waals surface area contributed by atoms with E-state index in [0.717, 1.165) is 5.56 Å². The van der Waals surface area contributed by atoms with Crippen molar-refractivity contribution in [2.24, 2.45) is 0 Å². The zero-order valence-electron chi connectivity index (χ0n) is 9.98. The minimum absolute atomic E-state index is 0.0863. The molecular weight excluding hydrogens is 210 g/mol. The number of hydrogen-bond acceptors (Lipinski definition) is 5. The van der Waals surface area contributed by atoms with Gasteiger partial charge in [0.1, 0.15) is 5.75 Å². The summed E-state index contributed by atoms with van der Waals surface area (Å²) in [5.74, 6) is 0.0863. The number of aryl methyl sites for hydroxylation is 1. The molecule has 1 heterocycles. The average molecular weight is 227 g/mol. The first kappa shape index (κ1) is 12.9. The first-order chi connectivity index (χ1) is 7.65. The Hall–Kier alpha value is -1.17. The summed E-state index contributed by atoms with van der Waals surface area (Å²) in [7, 11) is 4.61. The molecule has 5 nitrogen and oxygen atoms in total. The van der Waals surface area contributed by atoms with Gasteiger partial charge in [0.25, 0.3) is 0 Å². The van der Waals surface area contributed by atoms with Crippen LogP contribution >= 0.6 is 0 Å². The van der Waals surface area contributed by atoms with E-state index < -0.39 is 6.29 Å². The van der Waals surface area contributed by atoms with Crippen molar-refractivity contribution in [3.8, 4) is 5.75 Å². The van der Waals surface area contributed by atoms with Crippen molar-refractivity contribution >= 4 is 0 Å². The van der Waals surface area contributed by atoms with Crippen molar-refractivity contribution in [2.45, 2.75) is 19.8 Å². The van der Waals surface area contributed by atoms with Crippen LogP contribution in [0, 0.1) is 6.92 Å². The predicted octanol–water partition coefficient (Wildman–Crippen LogP) is 1.53. The van der Waals surface area contributed by atoms with Crippen LogP contribution in [0.1, 0.15) is 23.1 Å². The number of methoxy groups -OCH3 is 3. The maximum atomic E-state index is 9.96. The highest BCUT2D eigenvalue weighted by atomic mass is 16.7. The molecule has 0 aliphatic carbocycles. The second-order valence-corrected chi connectivity index (χ2v) is 3.37.